The quantitative estimate of drug-likeness (QED) is 0.148. The van der Waals surface area contributed by atoms with Gasteiger partial charge in [0, 0.05) is 22.5 Å². The molecule has 4 aromatic rings. The van der Waals surface area contributed by atoms with Crippen LogP contribution < -0.4 is 20.9 Å². The van der Waals surface area contributed by atoms with E-state index in [0.717, 1.165) is 52.0 Å². The van der Waals surface area contributed by atoms with E-state index >= 15 is 13.2 Å². The van der Waals surface area contributed by atoms with Crippen LogP contribution in [0.3, 0.4) is 0 Å². The number of halogens is 12. The number of hydrogen-bond donors (Lipinski definition) is 2. The zero-order valence-electron chi connectivity index (χ0n) is 25.8. The molecule has 49 heavy (non-hydrogen) atoms. The summed E-state index contributed by atoms with van der Waals surface area (Å²) in [6.07, 6.45) is -16.4. The largest absolute Gasteiger partial charge is 0.457 e. The number of ether oxygens (including phenoxy) is 2. The molecule has 264 valence electrons. The highest BCUT2D eigenvalue weighted by atomic mass is 19.4. The Morgan fingerprint density at radius 2 is 0.776 bits per heavy atom. The third-order valence-corrected chi connectivity index (χ3v) is 7.55. The Labute approximate surface area is 271 Å². The third-order valence-electron chi connectivity index (χ3n) is 7.55. The lowest BCUT2D eigenvalue weighted by Crippen LogP contribution is -2.53. The highest BCUT2D eigenvalue weighted by Gasteiger charge is 2.72. The number of anilines is 2. The standard InChI is InChI=1S/C33H26F12N2O2/c1-15-9-19(10-16(2)27(15)48-25-7-5-21(46)13-23(25)30(35,36)37)29(34,32(41,42)33(43,44)45)20-11-17(3)28(18(4)12-20)49-26-8-6-22(47)14-24(26)31(38,39)40/h5-14H,46-47H2,1-4H3. The van der Waals surface area contributed by atoms with E-state index in [4.69, 9.17) is 20.9 Å². The molecule has 4 N–H and O–H groups in total. The summed E-state index contributed by atoms with van der Waals surface area (Å²) in [5.41, 5.74) is -0.637. The Balaban J connectivity index is 1.89. The van der Waals surface area contributed by atoms with Gasteiger partial charge in [0.25, 0.3) is 0 Å². The average Bonchev–Trinajstić information content (AvgIpc) is 2.95. The van der Waals surface area contributed by atoms with Crippen LogP contribution in [-0.2, 0) is 18.0 Å². The molecule has 16 heteroatoms. The molecule has 4 nitrogen and oxygen atoms in total. The van der Waals surface area contributed by atoms with E-state index < -0.39 is 75.4 Å². The summed E-state index contributed by atoms with van der Waals surface area (Å²) in [5.74, 6) is -8.45. The number of nitrogens with two attached hydrogens (primary N) is 2. The van der Waals surface area contributed by atoms with E-state index in [1.165, 1.54) is 0 Å². The van der Waals surface area contributed by atoms with Crippen LogP contribution in [0.15, 0.2) is 60.7 Å². The Morgan fingerprint density at radius 3 is 1.04 bits per heavy atom. The molecular weight excluding hydrogens is 684 g/mol. The van der Waals surface area contributed by atoms with Crippen LogP contribution in [0.25, 0.3) is 0 Å². The fourth-order valence-electron chi connectivity index (χ4n) is 5.28. The first-order valence-electron chi connectivity index (χ1n) is 13.9. The smallest absolute Gasteiger partial charge is 0.456 e. The summed E-state index contributed by atoms with van der Waals surface area (Å²) in [6.45, 7) is 4.39. The SMILES string of the molecule is Cc1cc(C(F)(c2cc(C)c(Oc3ccc(N)cc3C(F)(F)F)c(C)c2)C(F)(F)C(F)(F)F)cc(C)c1Oc1ccc(N)cc1C(F)(F)F. The first-order chi connectivity index (χ1) is 22.3. The first-order valence-corrected chi connectivity index (χ1v) is 13.9. The Bertz CT molecular complexity index is 1730. The minimum atomic E-state index is -6.48. The lowest BCUT2D eigenvalue weighted by molar-refractivity contribution is -0.323. The number of nitrogen functional groups attached to an aromatic ring is 2. The van der Waals surface area contributed by atoms with Gasteiger partial charge in [-0.05, 0) is 111 Å². The van der Waals surface area contributed by atoms with Crippen molar-refractivity contribution < 1.29 is 62.2 Å². The summed E-state index contributed by atoms with van der Waals surface area (Å²) in [4.78, 5) is 0. The van der Waals surface area contributed by atoms with Crippen LogP contribution >= 0.6 is 0 Å². The van der Waals surface area contributed by atoms with E-state index in [0.29, 0.717) is 36.4 Å². The van der Waals surface area contributed by atoms with Gasteiger partial charge in [0.2, 0.25) is 5.67 Å². The summed E-state index contributed by atoms with van der Waals surface area (Å²) in [6, 6.07) is 7.35. The predicted molar refractivity (Wildman–Crippen MR) is 157 cm³/mol. The average molecular weight is 711 g/mol. The third kappa shape index (κ3) is 6.90. The lowest BCUT2D eigenvalue weighted by atomic mass is 9.79. The van der Waals surface area contributed by atoms with Crippen molar-refractivity contribution in [2.75, 3.05) is 11.5 Å². The molecule has 4 rings (SSSR count). The first kappa shape index (κ1) is 37.1. The normalized spacial score (nSPS) is 13.1. The van der Waals surface area contributed by atoms with Crippen molar-refractivity contribution >= 4 is 11.4 Å². The molecule has 0 unspecified atom stereocenters. The van der Waals surface area contributed by atoms with E-state index in [-0.39, 0.29) is 33.6 Å². The molecule has 0 atom stereocenters. The monoisotopic (exact) mass is 710 g/mol. The maximum absolute atomic E-state index is 17.0. The maximum Gasteiger partial charge on any atom is 0.457 e. The van der Waals surface area contributed by atoms with Crippen molar-refractivity contribution in [2.24, 2.45) is 0 Å². The fraction of sp³-hybridized carbons (Fsp3) is 0.273. The highest BCUT2D eigenvalue weighted by Crippen LogP contribution is 2.56. The number of benzene rings is 4. The van der Waals surface area contributed by atoms with Crippen molar-refractivity contribution in [1.29, 1.82) is 0 Å². The molecular formula is C33H26F12N2O2. The van der Waals surface area contributed by atoms with Crippen LogP contribution in [0.2, 0.25) is 0 Å². The number of hydrogen-bond acceptors (Lipinski definition) is 4. The molecule has 0 radical (unpaired) electrons. The van der Waals surface area contributed by atoms with Gasteiger partial charge in [-0.2, -0.15) is 48.3 Å². The summed E-state index contributed by atoms with van der Waals surface area (Å²) in [5, 5.41) is 0. The topological polar surface area (TPSA) is 70.5 Å². The highest BCUT2D eigenvalue weighted by molar-refractivity contribution is 5.57. The van der Waals surface area contributed by atoms with Gasteiger partial charge < -0.3 is 20.9 Å². The van der Waals surface area contributed by atoms with Gasteiger partial charge in [-0.1, -0.05) is 0 Å². The predicted octanol–water partition coefficient (Wildman–Crippen LogP) is 11.1. The summed E-state index contributed by atoms with van der Waals surface area (Å²) in [7, 11) is 0. The Morgan fingerprint density at radius 1 is 0.469 bits per heavy atom. The molecule has 0 heterocycles. The second-order valence-electron chi connectivity index (χ2n) is 11.3. The molecule has 0 aliphatic carbocycles. The zero-order chi connectivity index (χ0) is 37.1. The molecule has 4 aromatic carbocycles. The van der Waals surface area contributed by atoms with E-state index in [9.17, 15) is 39.5 Å². The van der Waals surface area contributed by atoms with Gasteiger partial charge >= 0.3 is 24.5 Å². The molecule has 0 saturated heterocycles. The lowest BCUT2D eigenvalue weighted by Gasteiger charge is -2.36. The minimum absolute atomic E-state index is 0.267. The molecule has 0 aliphatic heterocycles. The van der Waals surface area contributed by atoms with E-state index in [1.807, 2.05) is 0 Å². The second-order valence-corrected chi connectivity index (χ2v) is 11.3. The van der Waals surface area contributed by atoms with Gasteiger partial charge in [-0.3, -0.25) is 0 Å². The minimum Gasteiger partial charge on any atom is -0.456 e. The van der Waals surface area contributed by atoms with Crippen molar-refractivity contribution in [1.82, 2.24) is 0 Å². The van der Waals surface area contributed by atoms with Gasteiger partial charge in [-0.25, -0.2) is 4.39 Å². The van der Waals surface area contributed by atoms with Crippen LogP contribution in [-0.4, -0.2) is 12.1 Å². The van der Waals surface area contributed by atoms with Gasteiger partial charge in [0.05, 0.1) is 0 Å². The molecule has 0 amide bonds. The molecule has 0 saturated carbocycles. The van der Waals surface area contributed by atoms with Gasteiger partial charge in [0.15, 0.2) is 0 Å². The zero-order valence-corrected chi connectivity index (χ0v) is 25.8. The Kier molecular flexibility index (Phi) is 9.29. The van der Waals surface area contributed by atoms with Crippen LogP contribution in [0, 0.1) is 27.7 Å². The molecule has 0 spiro atoms. The molecule has 0 aromatic heterocycles. The van der Waals surface area contributed by atoms with Crippen LogP contribution in [0.5, 0.6) is 23.0 Å². The number of rotatable bonds is 7. The second kappa shape index (κ2) is 12.3. The van der Waals surface area contributed by atoms with Crippen LogP contribution in [0.4, 0.5) is 64.1 Å². The van der Waals surface area contributed by atoms with Crippen molar-refractivity contribution in [2.45, 2.75) is 57.8 Å². The summed E-state index contributed by atoms with van der Waals surface area (Å²) < 4.78 is 182. The van der Waals surface area contributed by atoms with Crippen molar-refractivity contribution in [3.8, 4) is 23.0 Å². The van der Waals surface area contributed by atoms with Gasteiger partial charge in [-0.15, -0.1) is 0 Å². The number of alkyl halides is 12. The van der Waals surface area contributed by atoms with Crippen molar-refractivity contribution in [3.05, 3.63) is 105 Å². The maximum atomic E-state index is 17.0. The van der Waals surface area contributed by atoms with Gasteiger partial charge in [0.1, 0.15) is 34.1 Å². The van der Waals surface area contributed by atoms with E-state index in [1.54, 1.807) is 0 Å². The van der Waals surface area contributed by atoms with Crippen LogP contribution in [0.1, 0.15) is 44.5 Å². The Hall–Kier alpha value is -4.76. The fourth-order valence-corrected chi connectivity index (χ4v) is 5.28. The van der Waals surface area contributed by atoms with Crippen molar-refractivity contribution in [3.63, 3.8) is 0 Å². The van der Waals surface area contributed by atoms with E-state index in [2.05, 4.69) is 0 Å². The number of aryl methyl sites for hydroxylation is 4. The molecule has 0 fully saturated rings. The summed E-state index contributed by atoms with van der Waals surface area (Å²) >= 11 is 0. The molecule has 0 bridgehead atoms. The molecule has 0 aliphatic rings.